The fourth-order valence-corrected chi connectivity index (χ4v) is 1.90. The number of aromatic amines is 1. The number of nitrogens with one attached hydrogen (secondary N) is 1. The summed E-state index contributed by atoms with van der Waals surface area (Å²) >= 11 is 0. The van der Waals surface area contributed by atoms with Gasteiger partial charge in [0.2, 0.25) is 0 Å². The lowest BCUT2D eigenvalue weighted by atomic mass is 10.1. The molecule has 2 aromatic heterocycles. The molecule has 3 heteroatoms. The molecule has 3 heterocycles. The summed E-state index contributed by atoms with van der Waals surface area (Å²) in [7, 11) is 0. The van der Waals surface area contributed by atoms with Gasteiger partial charge in [0.1, 0.15) is 0 Å². The predicted octanol–water partition coefficient (Wildman–Crippen LogP) is 2.29. The Morgan fingerprint density at radius 3 is 2.80 bits per heavy atom. The third-order valence-electron chi connectivity index (χ3n) is 2.86. The van der Waals surface area contributed by atoms with E-state index in [4.69, 9.17) is 0 Å². The minimum atomic E-state index is 1.04. The van der Waals surface area contributed by atoms with E-state index >= 15 is 0 Å². The summed E-state index contributed by atoms with van der Waals surface area (Å²) in [6, 6.07) is 6.02. The van der Waals surface area contributed by atoms with E-state index < -0.39 is 0 Å². The maximum atomic E-state index is 4.38. The first-order chi connectivity index (χ1) is 7.45. The molecular weight excluding hydrogens is 186 g/mol. The highest BCUT2D eigenvalue weighted by molar-refractivity contribution is 5.76. The summed E-state index contributed by atoms with van der Waals surface area (Å²) in [6.07, 6.45) is 7.22. The second-order valence-corrected chi connectivity index (χ2v) is 3.81. The molecule has 0 amide bonds. The number of pyridine rings is 1. The highest BCUT2D eigenvalue weighted by Crippen LogP contribution is 2.31. The fourth-order valence-electron chi connectivity index (χ4n) is 1.90. The number of anilines is 1. The van der Waals surface area contributed by atoms with Crippen molar-refractivity contribution in [3.8, 4) is 11.3 Å². The second-order valence-electron chi connectivity index (χ2n) is 3.81. The number of aromatic nitrogens is 2. The Kier molecular flexibility index (Phi) is 1.95. The molecule has 1 aliphatic rings. The van der Waals surface area contributed by atoms with E-state index in [-0.39, 0.29) is 0 Å². The lowest BCUT2D eigenvalue weighted by molar-refractivity contribution is 0.618. The molecule has 3 nitrogen and oxygen atoms in total. The third-order valence-corrected chi connectivity index (χ3v) is 2.86. The van der Waals surface area contributed by atoms with Crippen LogP contribution in [0.15, 0.2) is 36.8 Å². The third kappa shape index (κ3) is 1.40. The van der Waals surface area contributed by atoms with Crippen LogP contribution in [0.3, 0.4) is 0 Å². The number of hydrogen-bond donors (Lipinski definition) is 1. The van der Waals surface area contributed by atoms with Gasteiger partial charge in [0.15, 0.2) is 0 Å². The van der Waals surface area contributed by atoms with Gasteiger partial charge in [-0.2, -0.15) is 0 Å². The molecule has 0 unspecified atom stereocenters. The topological polar surface area (TPSA) is 31.9 Å². The Morgan fingerprint density at radius 2 is 2.13 bits per heavy atom. The second kappa shape index (κ2) is 3.42. The lowest BCUT2D eigenvalue weighted by Crippen LogP contribution is -2.37. The van der Waals surface area contributed by atoms with E-state index in [2.05, 4.69) is 21.1 Å². The molecule has 1 aliphatic heterocycles. The average molecular weight is 199 g/mol. The number of hydrogen-bond acceptors (Lipinski definition) is 2. The zero-order chi connectivity index (χ0) is 10.1. The van der Waals surface area contributed by atoms with Crippen molar-refractivity contribution in [2.45, 2.75) is 6.42 Å². The molecule has 1 saturated heterocycles. The lowest BCUT2D eigenvalue weighted by Gasteiger charge is -2.33. The first-order valence-corrected chi connectivity index (χ1v) is 5.28. The van der Waals surface area contributed by atoms with Crippen molar-refractivity contribution in [1.29, 1.82) is 0 Å². The number of rotatable bonds is 2. The van der Waals surface area contributed by atoms with Crippen LogP contribution in [-0.4, -0.2) is 23.1 Å². The van der Waals surface area contributed by atoms with Gasteiger partial charge >= 0.3 is 0 Å². The molecule has 76 valence electrons. The van der Waals surface area contributed by atoms with Crippen LogP contribution in [0.2, 0.25) is 0 Å². The summed E-state index contributed by atoms with van der Waals surface area (Å²) in [5.74, 6) is 0. The van der Waals surface area contributed by atoms with Gasteiger partial charge in [0, 0.05) is 37.2 Å². The normalized spacial score (nSPS) is 15.1. The predicted molar refractivity (Wildman–Crippen MR) is 60.9 cm³/mol. The van der Waals surface area contributed by atoms with Crippen LogP contribution in [0, 0.1) is 0 Å². The summed E-state index contributed by atoms with van der Waals surface area (Å²) in [4.78, 5) is 9.92. The van der Waals surface area contributed by atoms with Crippen molar-refractivity contribution in [2.75, 3.05) is 18.0 Å². The maximum Gasteiger partial charge on any atom is 0.0738 e. The average Bonchev–Trinajstić information content (AvgIpc) is 2.65. The number of H-pyrrole nitrogens is 1. The smallest absolute Gasteiger partial charge is 0.0738 e. The molecule has 0 aliphatic carbocycles. The molecule has 0 aromatic carbocycles. The van der Waals surface area contributed by atoms with Crippen molar-refractivity contribution >= 4 is 5.69 Å². The van der Waals surface area contributed by atoms with E-state index in [9.17, 15) is 0 Å². The molecule has 0 radical (unpaired) electrons. The Bertz CT molecular complexity index is 443. The van der Waals surface area contributed by atoms with Crippen LogP contribution in [0.5, 0.6) is 0 Å². The quantitative estimate of drug-likeness (QED) is 0.804. The first-order valence-electron chi connectivity index (χ1n) is 5.28. The largest absolute Gasteiger partial charge is 0.370 e. The molecule has 0 spiro atoms. The minimum absolute atomic E-state index is 1.04. The molecule has 3 rings (SSSR count). The highest BCUT2D eigenvalue weighted by atomic mass is 15.2. The van der Waals surface area contributed by atoms with E-state index in [1.54, 1.807) is 0 Å². The zero-order valence-corrected chi connectivity index (χ0v) is 8.48. The van der Waals surface area contributed by atoms with Gasteiger partial charge in [-0.25, -0.2) is 0 Å². The van der Waals surface area contributed by atoms with E-state index in [1.807, 2.05) is 30.6 Å². The maximum absolute atomic E-state index is 4.38. The minimum Gasteiger partial charge on any atom is -0.370 e. The van der Waals surface area contributed by atoms with Crippen LogP contribution < -0.4 is 4.90 Å². The molecule has 1 fully saturated rings. The van der Waals surface area contributed by atoms with Gasteiger partial charge in [0.05, 0.1) is 11.4 Å². The summed E-state index contributed by atoms with van der Waals surface area (Å²) in [5, 5.41) is 0. The Morgan fingerprint density at radius 1 is 1.20 bits per heavy atom. The van der Waals surface area contributed by atoms with Crippen LogP contribution in [0.1, 0.15) is 6.42 Å². The van der Waals surface area contributed by atoms with E-state index in [0.717, 1.165) is 18.8 Å². The molecule has 15 heavy (non-hydrogen) atoms. The van der Waals surface area contributed by atoms with Crippen molar-refractivity contribution in [2.24, 2.45) is 0 Å². The van der Waals surface area contributed by atoms with E-state index in [1.165, 1.54) is 17.7 Å². The van der Waals surface area contributed by atoms with Crippen molar-refractivity contribution in [3.63, 3.8) is 0 Å². The van der Waals surface area contributed by atoms with E-state index in [0.29, 0.717) is 0 Å². The van der Waals surface area contributed by atoms with Gasteiger partial charge in [-0.05, 0) is 18.6 Å². The SMILES string of the molecule is c1ccc(-c2c[nH]cc2N2CCC2)nc1. The summed E-state index contributed by atoms with van der Waals surface area (Å²) < 4.78 is 0. The Hall–Kier alpha value is -1.77. The summed E-state index contributed by atoms with van der Waals surface area (Å²) in [5.41, 5.74) is 3.52. The van der Waals surface area contributed by atoms with Gasteiger partial charge in [0.25, 0.3) is 0 Å². The Labute approximate surface area is 88.8 Å². The molecule has 2 aromatic rings. The zero-order valence-electron chi connectivity index (χ0n) is 8.48. The fraction of sp³-hybridized carbons (Fsp3) is 0.250. The van der Waals surface area contributed by atoms with Crippen molar-refractivity contribution in [1.82, 2.24) is 9.97 Å². The standard InChI is InChI=1S/C12H13N3/c1-2-5-14-11(4-1)10-8-13-9-12(10)15-6-3-7-15/h1-2,4-5,8-9,13H,3,6-7H2. The van der Waals surface area contributed by atoms with Gasteiger partial charge in [-0.1, -0.05) is 6.07 Å². The van der Waals surface area contributed by atoms with Crippen LogP contribution in [0.4, 0.5) is 5.69 Å². The van der Waals surface area contributed by atoms with Gasteiger partial charge < -0.3 is 9.88 Å². The first kappa shape index (κ1) is 8.53. The van der Waals surface area contributed by atoms with Crippen LogP contribution in [0.25, 0.3) is 11.3 Å². The molecule has 0 saturated carbocycles. The molecule has 0 atom stereocenters. The Balaban J connectivity index is 2.01. The van der Waals surface area contributed by atoms with Gasteiger partial charge in [-0.3, -0.25) is 4.98 Å². The summed E-state index contributed by atoms with van der Waals surface area (Å²) in [6.45, 7) is 2.33. The monoisotopic (exact) mass is 199 g/mol. The van der Waals surface area contributed by atoms with Crippen LogP contribution in [-0.2, 0) is 0 Å². The molecule has 1 N–H and O–H groups in total. The molecule has 0 bridgehead atoms. The number of nitrogens with zero attached hydrogens (tertiary/aromatic N) is 2. The van der Waals surface area contributed by atoms with Gasteiger partial charge in [-0.15, -0.1) is 0 Å². The van der Waals surface area contributed by atoms with Crippen molar-refractivity contribution in [3.05, 3.63) is 36.8 Å². The van der Waals surface area contributed by atoms with Crippen molar-refractivity contribution < 1.29 is 0 Å². The highest BCUT2D eigenvalue weighted by Gasteiger charge is 2.19. The van der Waals surface area contributed by atoms with Crippen LogP contribution >= 0.6 is 0 Å². The molecular formula is C12H13N3.